The summed E-state index contributed by atoms with van der Waals surface area (Å²) in [4.78, 5) is 25.9. The number of ether oxygens (including phenoxy) is 1. The summed E-state index contributed by atoms with van der Waals surface area (Å²) in [6, 6.07) is 0. The lowest BCUT2D eigenvalue weighted by atomic mass is 10.0. The molecule has 0 saturated carbocycles. The van der Waals surface area contributed by atoms with Gasteiger partial charge in [0.05, 0.1) is 18.6 Å². The summed E-state index contributed by atoms with van der Waals surface area (Å²) < 4.78 is 5.32. The number of nitrogens with zero attached hydrogens (tertiary/aromatic N) is 1. The molecule has 0 spiro atoms. The smallest absolute Gasteiger partial charge is 0.410 e. The number of aliphatic hydroxyl groups excluding tert-OH is 1. The summed E-state index contributed by atoms with van der Waals surface area (Å²) in [5.41, 5.74) is -0.586. The predicted octanol–water partition coefficient (Wildman–Crippen LogP) is 5.03. The lowest BCUT2D eigenvalue weighted by Gasteiger charge is -2.24. The number of amides is 2. The van der Waals surface area contributed by atoms with E-state index in [1.54, 1.807) is 20.8 Å². The van der Waals surface area contributed by atoms with Crippen LogP contribution in [0.1, 0.15) is 105 Å². The molecule has 0 unspecified atom stereocenters. The number of carbonyl (C=O) groups excluding carboxylic acids is 2. The highest BCUT2D eigenvalue weighted by Gasteiger charge is 2.39. The van der Waals surface area contributed by atoms with Crippen LogP contribution in [0, 0.1) is 5.92 Å². The van der Waals surface area contributed by atoms with Gasteiger partial charge < -0.3 is 20.1 Å². The summed E-state index contributed by atoms with van der Waals surface area (Å²) in [5, 5.41) is 13.1. The minimum atomic E-state index is -0.834. The topological polar surface area (TPSA) is 78.9 Å². The van der Waals surface area contributed by atoms with Gasteiger partial charge in [-0.3, -0.25) is 4.79 Å². The van der Waals surface area contributed by atoms with E-state index in [9.17, 15) is 14.7 Å². The average molecular weight is 427 g/mol. The molecule has 0 aliphatic carbocycles. The van der Waals surface area contributed by atoms with Crippen molar-refractivity contribution in [3.05, 3.63) is 0 Å². The van der Waals surface area contributed by atoms with Crippen molar-refractivity contribution in [1.82, 2.24) is 10.2 Å². The van der Waals surface area contributed by atoms with E-state index in [4.69, 9.17) is 4.74 Å². The molecule has 1 heterocycles. The van der Waals surface area contributed by atoms with Gasteiger partial charge in [0.2, 0.25) is 5.91 Å². The largest absolute Gasteiger partial charge is 0.444 e. The van der Waals surface area contributed by atoms with Gasteiger partial charge in [0, 0.05) is 13.1 Å². The zero-order chi connectivity index (χ0) is 22.4. The summed E-state index contributed by atoms with van der Waals surface area (Å²) in [7, 11) is 0. The van der Waals surface area contributed by atoms with E-state index >= 15 is 0 Å². The molecule has 1 aliphatic heterocycles. The molecular formula is C24H46N2O4. The van der Waals surface area contributed by atoms with Gasteiger partial charge in [-0.15, -0.1) is 0 Å². The molecule has 1 rings (SSSR count). The van der Waals surface area contributed by atoms with Crippen LogP contribution in [0.25, 0.3) is 0 Å². The molecule has 0 aromatic rings. The lowest BCUT2D eigenvalue weighted by Crippen LogP contribution is -2.38. The predicted molar refractivity (Wildman–Crippen MR) is 121 cm³/mol. The summed E-state index contributed by atoms with van der Waals surface area (Å²) in [5.74, 6) is -0.744. The van der Waals surface area contributed by atoms with Crippen LogP contribution in [0.2, 0.25) is 0 Å². The molecule has 0 radical (unpaired) electrons. The van der Waals surface area contributed by atoms with E-state index in [1.165, 1.54) is 69.1 Å². The minimum Gasteiger partial charge on any atom is -0.444 e. The van der Waals surface area contributed by atoms with Crippen molar-refractivity contribution >= 4 is 12.0 Å². The first kappa shape index (κ1) is 26.7. The summed E-state index contributed by atoms with van der Waals surface area (Å²) in [6.07, 6.45) is 14.1. The van der Waals surface area contributed by atoms with Gasteiger partial charge >= 0.3 is 6.09 Å². The maximum atomic E-state index is 12.4. The molecule has 176 valence electrons. The standard InChI is InChI=1S/C24H46N2O4/c1-5-6-7-8-9-10-11-12-13-14-15-16-17-25-22(28)20-18-26(19-21(20)27)23(29)30-24(2,3)4/h20-21,27H,5-19H2,1-4H3,(H,25,28)/t20-,21-/m1/s1. The van der Waals surface area contributed by atoms with E-state index in [0.29, 0.717) is 6.54 Å². The van der Waals surface area contributed by atoms with Crippen molar-refractivity contribution in [2.75, 3.05) is 19.6 Å². The van der Waals surface area contributed by atoms with Crippen LogP contribution in [-0.4, -0.2) is 53.3 Å². The van der Waals surface area contributed by atoms with Gasteiger partial charge in [0.15, 0.2) is 0 Å². The first-order valence-corrected chi connectivity index (χ1v) is 12.2. The Labute approximate surface area is 184 Å². The quantitative estimate of drug-likeness (QED) is 0.382. The monoisotopic (exact) mass is 426 g/mol. The van der Waals surface area contributed by atoms with Crippen molar-refractivity contribution in [2.24, 2.45) is 5.92 Å². The summed E-state index contributed by atoms with van der Waals surface area (Å²) in [6.45, 7) is 8.64. The third-order valence-electron chi connectivity index (χ3n) is 5.61. The van der Waals surface area contributed by atoms with Crippen LogP contribution in [0.4, 0.5) is 4.79 Å². The van der Waals surface area contributed by atoms with Crippen molar-refractivity contribution in [3.8, 4) is 0 Å². The lowest BCUT2D eigenvalue weighted by molar-refractivity contribution is -0.126. The number of β-amino-alcohol motifs (C(OH)–C–C–N with tert-alkyl or cyclic N) is 1. The molecule has 6 nitrogen and oxygen atoms in total. The fourth-order valence-electron chi connectivity index (χ4n) is 3.83. The van der Waals surface area contributed by atoms with Gasteiger partial charge in [0.25, 0.3) is 0 Å². The zero-order valence-corrected chi connectivity index (χ0v) is 19.9. The molecule has 30 heavy (non-hydrogen) atoms. The molecular weight excluding hydrogens is 380 g/mol. The molecule has 2 atom stereocenters. The molecule has 0 bridgehead atoms. The Morgan fingerprint density at radius 2 is 1.40 bits per heavy atom. The second-order valence-corrected chi connectivity index (χ2v) is 9.74. The third kappa shape index (κ3) is 11.8. The minimum absolute atomic E-state index is 0.144. The van der Waals surface area contributed by atoms with Gasteiger partial charge in [0.1, 0.15) is 5.60 Å². The molecule has 6 heteroatoms. The maximum Gasteiger partial charge on any atom is 0.410 e. The number of hydrogen-bond donors (Lipinski definition) is 2. The summed E-state index contributed by atoms with van der Waals surface area (Å²) >= 11 is 0. The highest BCUT2D eigenvalue weighted by molar-refractivity contribution is 5.81. The first-order valence-electron chi connectivity index (χ1n) is 12.2. The van der Waals surface area contributed by atoms with Crippen molar-refractivity contribution < 1.29 is 19.4 Å². The Bertz CT molecular complexity index is 490. The van der Waals surface area contributed by atoms with Gasteiger partial charge in [-0.1, -0.05) is 77.6 Å². The number of rotatable bonds is 14. The Morgan fingerprint density at radius 1 is 0.900 bits per heavy atom. The van der Waals surface area contributed by atoms with E-state index < -0.39 is 23.7 Å². The molecule has 0 aromatic heterocycles. The molecule has 1 saturated heterocycles. The Balaban J connectivity index is 2.04. The normalized spacial score (nSPS) is 19.2. The molecule has 2 N–H and O–H groups in total. The van der Waals surface area contributed by atoms with Crippen LogP contribution in [0.3, 0.4) is 0 Å². The molecule has 1 fully saturated rings. The SMILES string of the molecule is CCCCCCCCCCCCCCNC(=O)[C@@H]1CN(C(=O)OC(C)(C)C)C[C@H]1O. The first-order chi connectivity index (χ1) is 14.2. The van der Waals surface area contributed by atoms with E-state index in [1.807, 2.05) is 0 Å². The Morgan fingerprint density at radius 3 is 1.90 bits per heavy atom. The maximum absolute atomic E-state index is 12.4. The number of nitrogens with one attached hydrogen (secondary N) is 1. The third-order valence-corrected chi connectivity index (χ3v) is 5.61. The van der Waals surface area contributed by atoms with Gasteiger partial charge in [-0.2, -0.15) is 0 Å². The van der Waals surface area contributed by atoms with Crippen LogP contribution in [-0.2, 0) is 9.53 Å². The molecule has 0 aromatic carbocycles. The van der Waals surface area contributed by atoms with E-state index in [2.05, 4.69) is 12.2 Å². The van der Waals surface area contributed by atoms with Crippen LogP contribution >= 0.6 is 0 Å². The second kappa shape index (κ2) is 14.7. The van der Waals surface area contributed by atoms with Gasteiger partial charge in [-0.05, 0) is 27.2 Å². The van der Waals surface area contributed by atoms with Crippen molar-refractivity contribution in [1.29, 1.82) is 0 Å². The molecule has 2 amide bonds. The van der Waals surface area contributed by atoms with E-state index in [-0.39, 0.29) is 19.0 Å². The van der Waals surface area contributed by atoms with Crippen molar-refractivity contribution in [2.45, 2.75) is 116 Å². The zero-order valence-electron chi connectivity index (χ0n) is 19.9. The Hall–Kier alpha value is -1.30. The highest BCUT2D eigenvalue weighted by Crippen LogP contribution is 2.20. The number of hydrogen-bond acceptors (Lipinski definition) is 4. The van der Waals surface area contributed by atoms with Gasteiger partial charge in [-0.25, -0.2) is 4.79 Å². The number of likely N-dealkylation sites (tertiary alicyclic amines) is 1. The van der Waals surface area contributed by atoms with Crippen LogP contribution in [0.15, 0.2) is 0 Å². The molecule has 1 aliphatic rings. The Kier molecular flexibility index (Phi) is 13.1. The number of carbonyl (C=O) groups is 2. The fourth-order valence-corrected chi connectivity index (χ4v) is 3.83. The van der Waals surface area contributed by atoms with Crippen molar-refractivity contribution in [3.63, 3.8) is 0 Å². The fraction of sp³-hybridized carbons (Fsp3) is 0.917. The highest BCUT2D eigenvalue weighted by atomic mass is 16.6. The number of unbranched alkanes of at least 4 members (excludes halogenated alkanes) is 11. The number of aliphatic hydroxyl groups is 1. The van der Waals surface area contributed by atoms with E-state index in [0.717, 1.165) is 12.8 Å². The average Bonchev–Trinajstić information content (AvgIpc) is 3.06. The second-order valence-electron chi connectivity index (χ2n) is 9.74. The van der Waals surface area contributed by atoms with Crippen LogP contribution in [0.5, 0.6) is 0 Å². The van der Waals surface area contributed by atoms with Crippen LogP contribution < -0.4 is 5.32 Å².